The van der Waals surface area contributed by atoms with Gasteiger partial charge in [0.25, 0.3) is 5.91 Å². The first kappa shape index (κ1) is 17.9. The van der Waals surface area contributed by atoms with Gasteiger partial charge in [0.1, 0.15) is 11.3 Å². The predicted octanol–water partition coefficient (Wildman–Crippen LogP) is 4.52. The topological polar surface area (TPSA) is 58.6 Å². The van der Waals surface area contributed by atoms with Crippen LogP contribution in [0.3, 0.4) is 0 Å². The van der Waals surface area contributed by atoms with Crippen molar-refractivity contribution in [2.75, 3.05) is 19.6 Å². The number of fused-ring (bicyclic) bond motifs is 1. The lowest BCUT2D eigenvalue weighted by atomic mass is 10.0. The van der Waals surface area contributed by atoms with Crippen LogP contribution in [0.4, 0.5) is 0 Å². The first-order valence-electron chi connectivity index (χ1n) is 9.60. The van der Waals surface area contributed by atoms with E-state index in [1.165, 1.54) is 12.8 Å². The van der Waals surface area contributed by atoms with Crippen molar-refractivity contribution >= 4 is 16.9 Å². The van der Waals surface area contributed by atoms with Crippen LogP contribution < -0.4 is 5.32 Å². The molecular formula is C22H26N2O3. The second kappa shape index (κ2) is 7.24. The molecule has 5 nitrogen and oxygen atoms in total. The lowest BCUT2D eigenvalue weighted by molar-refractivity contribution is 0.0907. The Labute approximate surface area is 159 Å². The van der Waals surface area contributed by atoms with Gasteiger partial charge in [-0.25, -0.2) is 0 Å². The maximum atomic E-state index is 12.9. The molecule has 3 heterocycles. The normalized spacial score (nSPS) is 16.1. The summed E-state index contributed by atoms with van der Waals surface area (Å²) in [7, 11) is 0. The molecule has 1 aliphatic rings. The minimum Gasteiger partial charge on any atom is -0.468 e. The van der Waals surface area contributed by atoms with E-state index in [0.29, 0.717) is 12.3 Å². The third-order valence-electron chi connectivity index (χ3n) is 5.49. The third-order valence-corrected chi connectivity index (χ3v) is 5.49. The number of furan rings is 2. The zero-order chi connectivity index (χ0) is 19.0. The Bertz CT molecular complexity index is 950. The number of carbonyl (C=O) groups excluding carboxylic acids is 1. The highest BCUT2D eigenvalue weighted by atomic mass is 16.3. The summed E-state index contributed by atoms with van der Waals surface area (Å²) in [6.07, 6.45) is 4.06. The lowest BCUT2D eigenvalue weighted by Gasteiger charge is -2.25. The van der Waals surface area contributed by atoms with Crippen LogP contribution in [0.15, 0.2) is 39.4 Å². The molecule has 0 spiro atoms. The van der Waals surface area contributed by atoms with Crippen molar-refractivity contribution < 1.29 is 13.6 Å². The number of carbonyl (C=O) groups is 1. The number of likely N-dealkylation sites (tertiary alicyclic amines) is 1. The number of benzene rings is 1. The van der Waals surface area contributed by atoms with Crippen molar-refractivity contribution in [3.05, 3.63) is 58.7 Å². The van der Waals surface area contributed by atoms with Gasteiger partial charge in [0.2, 0.25) is 0 Å². The van der Waals surface area contributed by atoms with Crippen molar-refractivity contribution in [3.8, 4) is 0 Å². The summed E-state index contributed by atoms with van der Waals surface area (Å²) in [4.78, 5) is 15.2. The average Bonchev–Trinajstić information content (AvgIpc) is 3.36. The summed E-state index contributed by atoms with van der Waals surface area (Å²) in [6.45, 7) is 8.61. The van der Waals surface area contributed by atoms with Gasteiger partial charge in [-0.3, -0.25) is 9.69 Å². The Kier molecular flexibility index (Phi) is 4.79. The number of hydrogen-bond donors (Lipinski definition) is 1. The number of nitrogens with one attached hydrogen (secondary N) is 1. The Morgan fingerprint density at radius 3 is 2.70 bits per heavy atom. The van der Waals surface area contributed by atoms with Gasteiger partial charge >= 0.3 is 0 Å². The quantitative estimate of drug-likeness (QED) is 0.721. The smallest absolute Gasteiger partial charge is 0.287 e. The van der Waals surface area contributed by atoms with Gasteiger partial charge in [-0.15, -0.1) is 0 Å². The SMILES string of the molecule is Cc1cc(C)c2c(C)c(C(=O)NC[C@@H](c3ccco3)N3CCCC3)oc2c1. The molecule has 1 atom stereocenters. The Morgan fingerprint density at radius 2 is 2.00 bits per heavy atom. The highest BCUT2D eigenvalue weighted by Gasteiger charge is 2.27. The number of amides is 1. The van der Waals surface area contributed by atoms with Crippen molar-refractivity contribution in [1.29, 1.82) is 0 Å². The molecule has 1 aliphatic heterocycles. The van der Waals surface area contributed by atoms with Crippen LogP contribution in [-0.2, 0) is 0 Å². The monoisotopic (exact) mass is 366 g/mol. The molecule has 0 unspecified atom stereocenters. The molecule has 27 heavy (non-hydrogen) atoms. The summed E-state index contributed by atoms with van der Waals surface area (Å²) >= 11 is 0. The van der Waals surface area contributed by atoms with E-state index in [2.05, 4.69) is 23.2 Å². The van der Waals surface area contributed by atoms with Crippen LogP contribution >= 0.6 is 0 Å². The molecule has 2 aromatic heterocycles. The number of nitrogens with zero attached hydrogens (tertiary/aromatic N) is 1. The second-order valence-corrected chi connectivity index (χ2v) is 7.50. The second-order valence-electron chi connectivity index (χ2n) is 7.50. The maximum Gasteiger partial charge on any atom is 0.287 e. The van der Waals surface area contributed by atoms with E-state index >= 15 is 0 Å². The summed E-state index contributed by atoms with van der Waals surface area (Å²) in [5.41, 5.74) is 3.94. The van der Waals surface area contributed by atoms with Crippen LogP contribution in [0.2, 0.25) is 0 Å². The van der Waals surface area contributed by atoms with Crippen LogP contribution in [-0.4, -0.2) is 30.4 Å². The van der Waals surface area contributed by atoms with E-state index < -0.39 is 0 Å². The van der Waals surface area contributed by atoms with Gasteiger partial charge in [0.05, 0.1) is 12.3 Å². The number of hydrogen-bond acceptors (Lipinski definition) is 4. The van der Waals surface area contributed by atoms with E-state index in [9.17, 15) is 4.79 Å². The molecule has 0 bridgehead atoms. The molecule has 5 heteroatoms. The standard InChI is InChI=1S/C22H26N2O3/c1-14-11-15(2)20-16(3)21(27-19(20)12-14)22(25)23-13-17(18-7-6-10-26-18)24-8-4-5-9-24/h6-7,10-12,17H,4-5,8-9,13H2,1-3H3,(H,23,25)/t17-/m0/s1. The fraction of sp³-hybridized carbons (Fsp3) is 0.409. The molecule has 3 aromatic rings. The maximum absolute atomic E-state index is 12.9. The van der Waals surface area contributed by atoms with E-state index in [1.807, 2.05) is 32.0 Å². The number of rotatable bonds is 5. The zero-order valence-electron chi connectivity index (χ0n) is 16.2. The highest BCUT2D eigenvalue weighted by Crippen LogP contribution is 2.30. The first-order valence-corrected chi connectivity index (χ1v) is 9.60. The molecule has 1 N–H and O–H groups in total. The lowest BCUT2D eigenvalue weighted by Crippen LogP contribution is -2.36. The zero-order valence-corrected chi connectivity index (χ0v) is 16.2. The van der Waals surface area contributed by atoms with Crippen LogP contribution in [0, 0.1) is 20.8 Å². The molecule has 1 saturated heterocycles. The van der Waals surface area contributed by atoms with Crippen LogP contribution in [0.1, 0.15) is 51.9 Å². The Balaban J connectivity index is 1.55. The largest absolute Gasteiger partial charge is 0.468 e. The minimum absolute atomic E-state index is 0.0557. The van der Waals surface area contributed by atoms with Gasteiger partial charge < -0.3 is 14.2 Å². The number of aryl methyl sites for hydroxylation is 3. The van der Waals surface area contributed by atoms with Gasteiger partial charge in [-0.2, -0.15) is 0 Å². The highest BCUT2D eigenvalue weighted by molar-refractivity contribution is 6.00. The predicted molar refractivity (Wildman–Crippen MR) is 105 cm³/mol. The molecule has 0 saturated carbocycles. The third kappa shape index (κ3) is 3.39. The van der Waals surface area contributed by atoms with E-state index in [0.717, 1.165) is 46.5 Å². The Hall–Kier alpha value is -2.53. The van der Waals surface area contributed by atoms with Crippen molar-refractivity contribution in [3.63, 3.8) is 0 Å². The summed E-state index contributed by atoms with van der Waals surface area (Å²) in [5.74, 6) is 1.12. The van der Waals surface area contributed by atoms with Crippen LogP contribution in [0.25, 0.3) is 11.0 Å². The van der Waals surface area contributed by atoms with E-state index in [4.69, 9.17) is 8.83 Å². The van der Waals surface area contributed by atoms with Gasteiger partial charge in [-0.1, -0.05) is 6.07 Å². The Morgan fingerprint density at radius 1 is 1.22 bits per heavy atom. The van der Waals surface area contributed by atoms with E-state index in [-0.39, 0.29) is 11.9 Å². The van der Waals surface area contributed by atoms with E-state index in [1.54, 1.807) is 6.26 Å². The van der Waals surface area contributed by atoms with Crippen molar-refractivity contribution in [2.24, 2.45) is 0 Å². The van der Waals surface area contributed by atoms with Gasteiger partial charge in [0, 0.05) is 17.5 Å². The molecule has 0 aliphatic carbocycles. The molecule has 1 aromatic carbocycles. The molecule has 4 rings (SSSR count). The van der Waals surface area contributed by atoms with Crippen molar-refractivity contribution in [2.45, 2.75) is 39.7 Å². The molecule has 0 radical (unpaired) electrons. The molecule has 142 valence electrons. The first-order chi connectivity index (χ1) is 13.0. The molecule has 1 amide bonds. The summed E-state index contributed by atoms with van der Waals surface area (Å²) < 4.78 is 11.6. The fourth-order valence-corrected chi connectivity index (χ4v) is 4.22. The average molecular weight is 366 g/mol. The van der Waals surface area contributed by atoms with Crippen LogP contribution in [0.5, 0.6) is 0 Å². The van der Waals surface area contributed by atoms with Crippen molar-refractivity contribution in [1.82, 2.24) is 10.2 Å². The summed E-state index contributed by atoms with van der Waals surface area (Å²) in [6, 6.07) is 8.04. The minimum atomic E-state index is -0.170. The fourth-order valence-electron chi connectivity index (χ4n) is 4.22. The summed E-state index contributed by atoms with van der Waals surface area (Å²) in [5, 5.41) is 4.10. The van der Waals surface area contributed by atoms with Gasteiger partial charge in [-0.05, 0) is 76.0 Å². The molecule has 1 fully saturated rings. The van der Waals surface area contributed by atoms with Gasteiger partial charge in [0.15, 0.2) is 5.76 Å². The molecular weight excluding hydrogens is 340 g/mol.